The summed E-state index contributed by atoms with van der Waals surface area (Å²) in [5.74, 6) is -0.849. The number of anilines is 1. The van der Waals surface area contributed by atoms with Gasteiger partial charge in [-0.15, -0.1) is 0 Å². The van der Waals surface area contributed by atoms with Crippen molar-refractivity contribution in [3.63, 3.8) is 0 Å². The van der Waals surface area contributed by atoms with Crippen LogP contribution in [0.3, 0.4) is 0 Å². The molecule has 0 aromatic heterocycles. The Morgan fingerprint density at radius 2 is 1.62 bits per heavy atom. The molecule has 6 heteroatoms. The van der Waals surface area contributed by atoms with Crippen LogP contribution in [0, 0.1) is 0 Å². The molecule has 0 spiro atoms. The zero-order valence-corrected chi connectivity index (χ0v) is 15.0. The Bertz CT molecular complexity index is 1020. The third-order valence-electron chi connectivity index (χ3n) is 3.97. The third kappa shape index (κ3) is 3.48. The third-order valence-corrected chi connectivity index (χ3v) is 4.30. The van der Waals surface area contributed by atoms with Gasteiger partial charge in [-0.3, -0.25) is 9.59 Å². The Morgan fingerprint density at radius 3 is 2.27 bits per heavy atom. The standard InChI is InChI=1S/C20H17ClN2O3/c1-23(2)20(26)15-11-14(7-8-17(15)21)22-19(25)16-9-12-5-3-4-6-13(12)10-18(16)24/h3-11,24H,1-2H3,(H,22,25). The lowest BCUT2D eigenvalue weighted by molar-refractivity contribution is 0.0827. The highest BCUT2D eigenvalue weighted by molar-refractivity contribution is 6.34. The molecule has 0 aliphatic heterocycles. The van der Waals surface area contributed by atoms with Gasteiger partial charge < -0.3 is 15.3 Å². The normalized spacial score (nSPS) is 10.6. The van der Waals surface area contributed by atoms with E-state index in [0.29, 0.717) is 10.7 Å². The Kier molecular flexibility index (Phi) is 4.82. The predicted octanol–water partition coefficient (Wildman–Crippen LogP) is 4.15. The van der Waals surface area contributed by atoms with Crippen LogP contribution in [0.15, 0.2) is 54.6 Å². The highest BCUT2D eigenvalue weighted by Crippen LogP contribution is 2.27. The fourth-order valence-electron chi connectivity index (χ4n) is 2.62. The maximum atomic E-state index is 12.6. The van der Waals surface area contributed by atoms with Crippen molar-refractivity contribution < 1.29 is 14.7 Å². The molecule has 0 heterocycles. The van der Waals surface area contributed by atoms with Gasteiger partial charge in [0.25, 0.3) is 11.8 Å². The summed E-state index contributed by atoms with van der Waals surface area (Å²) in [6.45, 7) is 0. The molecular formula is C20H17ClN2O3. The van der Waals surface area contributed by atoms with Gasteiger partial charge in [0, 0.05) is 19.8 Å². The number of fused-ring (bicyclic) bond motifs is 1. The molecule has 5 nitrogen and oxygen atoms in total. The molecule has 0 bridgehead atoms. The molecule has 0 saturated carbocycles. The molecule has 0 fully saturated rings. The van der Waals surface area contributed by atoms with Crippen molar-refractivity contribution in [2.45, 2.75) is 0 Å². The average Bonchev–Trinajstić information content (AvgIpc) is 2.61. The van der Waals surface area contributed by atoms with Crippen molar-refractivity contribution in [3.05, 3.63) is 70.7 Å². The topological polar surface area (TPSA) is 69.6 Å². The first-order chi connectivity index (χ1) is 12.4. The highest BCUT2D eigenvalue weighted by atomic mass is 35.5. The molecule has 132 valence electrons. The number of amides is 2. The number of rotatable bonds is 3. The van der Waals surface area contributed by atoms with E-state index in [1.807, 2.05) is 24.3 Å². The molecule has 0 radical (unpaired) electrons. The second kappa shape index (κ2) is 7.06. The van der Waals surface area contributed by atoms with E-state index in [1.165, 1.54) is 11.0 Å². The summed E-state index contributed by atoms with van der Waals surface area (Å²) < 4.78 is 0. The molecule has 3 rings (SSSR count). The minimum Gasteiger partial charge on any atom is -0.507 e. The van der Waals surface area contributed by atoms with E-state index in [2.05, 4.69) is 5.32 Å². The van der Waals surface area contributed by atoms with Crippen molar-refractivity contribution in [2.24, 2.45) is 0 Å². The monoisotopic (exact) mass is 368 g/mol. The minimum absolute atomic E-state index is 0.111. The van der Waals surface area contributed by atoms with Gasteiger partial charge >= 0.3 is 0 Å². The zero-order chi connectivity index (χ0) is 18.8. The van der Waals surface area contributed by atoms with Gasteiger partial charge in [0.1, 0.15) is 5.75 Å². The van der Waals surface area contributed by atoms with Crippen molar-refractivity contribution in [3.8, 4) is 5.75 Å². The first kappa shape index (κ1) is 17.8. The van der Waals surface area contributed by atoms with Crippen molar-refractivity contribution in [1.82, 2.24) is 4.90 Å². The van der Waals surface area contributed by atoms with Crippen molar-refractivity contribution >= 4 is 39.9 Å². The predicted molar refractivity (Wildman–Crippen MR) is 103 cm³/mol. The minimum atomic E-state index is -0.473. The van der Waals surface area contributed by atoms with Crippen LogP contribution in [0.25, 0.3) is 10.8 Å². The largest absolute Gasteiger partial charge is 0.507 e. The Balaban J connectivity index is 1.92. The van der Waals surface area contributed by atoms with E-state index < -0.39 is 5.91 Å². The van der Waals surface area contributed by atoms with E-state index >= 15 is 0 Å². The lowest BCUT2D eigenvalue weighted by Gasteiger charge is -2.13. The number of halogens is 1. The molecule has 2 amide bonds. The average molecular weight is 369 g/mol. The van der Waals surface area contributed by atoms with Crippen LogP contribution in [0.2, 0.25) is 5.02 Å². The highest BCUT2D eigenvalue weighted by Gasteiger charge is 2.16. The van der Waals surface area contributed by atoms with Gasteiger partial charge in [-0.25, -0.2) is 0 Å². The molecule has 26 heavy (non-hydrogen) atoms. The molecule has 0 saturated heterocycles. The number of benzene rings is 3. The first-order valence-electron chi connectivity index (χ1n) is 7.91. The Hall–Kier alpha value is -3.05. The number of hydrogen-bond acceptors (Lipinski definition) is 3. The van der Waals surface area contributed by atoms with Crippen LogP contribution in [-0.4, -0.2) is 35.9 Å². The SMILES string of the molecule is CN(C)C(=O)c1cc(NC(=O)c2cc3ccccc3cc2O)ccc1Cl. The van der Waals surface area contributed by atoms with E-state index in [-0.39, 0.29) is 22.8 Å². The first-order valence-corrected chi connectivity index (χ1v) is 8.29. The van der Waals surface area contributed by atoms with Crippen LogP contribution >= 0.6 is 11.6 Å². The molecule has 3 aromatic carbocycles. The number of aromatic hydroxyl groups is 1. The van der Waals surface area contributed by atoms with Gasteiger partial charge in [0.15, 0.2) is 0 Å². The van der Waals surface area contributed by atoms with Crippen LogP contribution in [0.1, 0.15) is 20.7 Å². The summed E-state index contributed by atoms with van der Waals surface area (Å²) in [5, 5.41) is 14.9. The summed E-state index contributed by atoms with van der Waals surface area (Å²) in [5.41, 5.74) is 0.855. The number of carbonyl (C=O) groups excluding carboxylic acids is 2. The van der Waals surface area contributed by atoms with E-state index in [4.69, 9.17) is 11.6 Å². The smallest absolute Gasteiger partial charge is 0.259 e. The summed E-state index contributed by atoms with van der Waals surface area (Å²) in [4.78, 5) is 26.1. The van der Waals surface area contributed by atoms with Gasteiger partial charge in [-0.05, 0) is 41.1 Å². The van der Waals surface area contributed by atoms with E-state index in [0.717, 1.165) is 10.8 Å². The van der Waals surface area contributed by atoms with Crippen molar-refractivity contribution in [1.29, 1.82) is 0 Å². The summed E-state index contributed by atoms with van der Waals surface area (Å²) in [6, 6.07) is 15.3. The van der Waals surface area contributed by atoms with Gasteiger partial charge in [-0.1, -0.05) is 35.9 Å². The summed E-state index contributed by atoms with van der Waals surface area (Å²) in [6.07, 6.45) is 0. The second-order valence-corrected chi connectivity index (χ2v) is 6.47. The lowest BCUT2D eigenvalue weighted by atomic mass is 10.1. The quantitative estimate of drug-likeness (QED) is 0.729. The Labute approximate surface area is 155 Å². The summed E-state index contributed by atoms with van der Waals surface area (Å²) in [7, 11) is 3.24. The van der Waals surface area contributed by atoms with Crippen LogP contribution < -0.4 is 5.32 Å². The van der Waals surface area contributed by atoms with E-state index in [9.17, 15) is 14.7 Å². The second-order valence-electron chi connectivity index (χ2n) is 6.06. The zero-order valence-electron chi connectivity index (χ0n) is 14.3. The maximum Gasteiger partial charge on any atom is 0.259 e. The fraction of sp³-hybridized carbons (Fsp3) is 0.100. The molecule has 2 N–H and O–H groups in total. The van der Waals surface area contributed by atoms with Gasteiger partial charge in [0.2, 0.25) is 0 Å². The molecule has 0 atom stereocenters. The maximum absolute atomic E-state index is 12.6. The van der Waals surface area contributed by atoms with Crippen LogP contribution in [0.5, 0.6) is 5.75 Å². The number of nitrogens with zero attached hydrogens (tertiary/aromatic N) is 1. The molecular weight excluding hydrogens is 352 g/mol. The fourth-order valence-corrected chi connectivity index (χ4v) is 2.81. The van der Waals surface area contributed by atoms with E-state index in [1.54, 1.807) is 38.4 Å². The van der Waals surface area contributed by atoms with Crippen LogP contribution in [-0.2, 0) is 0 Å². The number of phenolic OH excluding ortho intramolecular Hbond substituents is 1. The lowest BCUT2D eigenvalue weighted by Crippen LogP contribution is -2.22. The van der Waals surface area contributed by atoms with Gasteiger partial charge in [0.05, 0.1) is 16.1 Å². The number of nitrogens with one attached hydrogen (secondary N) is 1. The molecule has 0 aliphatic rings. The molecule has 0 aliphatic carbocycles. The number of phenols is 1. The van der Waals surface area contributed by atoms with Crippen molar-refractivity contribution in [2.75, 3.05) is 19.4 Å². The molecule has 3 aromatic rings. The number of hydrogen-bond donors (Lipinski definition) is 2. The molecule has 0 unspecified atom stereocenters. The van der Waals surface area contributed by atoms with Crippen LogP contribution in [0.4, 0.5) is 5.69 Å². The van der Waals surface area contributed by atoms with Gasteiger partial charge in [-0.2, -0.15) is 0 Å². The Morgan fingerprint density at radius 1 is 0.962 bits per heavy atom. The number of carbonyl (C=O) groups is 2. The summed E-state index contributed by atoms with van der Waals surface area (Å²) >= 11 is 6.08.